The van der Waals surface area contributed by atoms with Crippen molar-refractivity contribution in [3.05, 3.63) is 0 Å². The SMILES string of the molecule is COCC(CO)NC1CCCSC1C. The molecule has 1 fully saturated rings. The maximum absolute atomic E-state index is 9.12. The van der Waals surface area contributed by atoms with Gasteiger partial charge in [0.1, 0.15) is 0 Å². The molecule has 84 valence electrons. The van der Waals surface area contributed by atoms with Gasteiger partial charge < -0.3 is 15.2 Å². The molecule has 0 spiro atoms. The van der Waals surface area contributed by atoms with E-state index in [2.05, 4.69) is 12.2 Å². The number of hydrogen-bond donors (Lipinski definition) is 2. The fraction of sp³-hybridized carbons (Fsp3) is 1.00. The molecule has 1 heterocycles. The number of methoxy groups -OCH3 is 1. The van der Waals surface area contributed by atoms with E-state index < -0.39 is 0 Å². The Bertz CT molecular complexity index is 157. The molecule has 0 aromatic rings. The van der Waals surface area contributed by atoms with E-state index in [1.807, 2.05) is 11.8 Å². The first-order valence-electron chi connectivity index (χ1n) is 5.25. The third-order valence-electron chi connectivity index (χ3n) is 2.64. The lowest BCUT2D eigenvalue weighted by atomic mass is 10.1. The molecular weight excluding hydrogens is 198 g/mol. The molecule has 3 unspecified atom stereocenters. The summed E-state index contributed by atoms with van der Waals surface area (Å²) in [5.41, 5.74) is 0. The van der Waals surface area contributed by atoms with Gasteiger partial charge in [-0.2, -0.15) is 11.8 Å². The Hall–Kier alpha value is 0.230. The topological polar surface area (TPSA) is 41.5 Å². The van der Waals surface area contributed by atoms with E-state index in [1.165, 1.54) is 18.6 Å². The average molecular weight is 219 g/mol. The lowest BCUT2D eigenvalue weighted by Gasteiger charge is -2.32. The summed E-state index contributed by atoms with van der Waals surface area (Å²) in [5.74, 6) is 1.27. The standard InChI is InChI=1S/C10H21NO2S/c1-8-10(4-3-5-14-8)11-9(6-12)7-13-2/h8-12H,3-7H2,1-2H3. The Kier molecular flexibility index (Phi) is 5.86. The van der Waals surface area contributed by atoms with Gasteiger partial charge in [0.25, 0.3) is 0 Å². The van der Waals surface area contributed by atoms with E-state index >= 15 is 0 Å². The maximum Gasteiger partial charge on any atom is 0.0638 e. The van der Waals surface area contributed by atoms with E-state index in [1.54, 1.807) is 7.11 Å². The second-order valence-electron chi connectivity index (χ2n) is 3.83. The van der Waals surface area contributed by atoms with Crippen LogP contribution >= 0.6 is 11.8 Å². The molecule has 3 atom stereocenters. The van der Waals surface area contributed by atoms with Gasteiger partial charge in [-0.25, -0.2) is 0 Å². The number of thioether (sulfide) groups is 1. The predicted molar refractivity (Wildman–Crippen MR) is 60.8 cm³/mol. The lowest BCUT2D eigenvalue weighted by Crippen LogP contribution is -2.48. The van der Waals surface area contributed by atoms with Gasteiger partial charge in [-0.05, 0) is 18.6 Å². The summed E-state index contributed by atoms with van der Waals surface area (Å²) < 4.78 is 5.04. The Morgan fingerprint density at radius 1 is 1.64 bits per heavy atom. The first-order chi connectivity index (χ1) is 6.77. The highest BCUT2D eigenvalue weighted by atomic mass is 32.2. The molecule has 0 saturated carbocycles. The van der Waals surface area contributed by atoms with Gasteiger partial charge in [0, 0.05) is 18.4 Å². The minimum Gasteiger partial charge on any atom is -0.395 e. The first-order valence-corrected chi connectivity index (χ1v) is 6.30. The van der Waals surface area contributed by atoms with Gasteiger partial charge in [-0.3, -0.25) is 0 Å². The smallest absolute Gasteiger partial charge is 0.0638 e. The van der Waals surface area contributed by atoms with Gasteiger partial charge in [0.05, 0.1) is 19.3 Å². The van der Waals surface area contributed by atoms with E-state index in [0.717, 1.165) is 0 Å². The molecule has 0 radical (unpaired) electrons. The van der Waals surface area contributed by atoms with Gasteiger partial charge in [0.15, 0.2) is 0 Å². The van der Waals surface area contributed by atoms with Crippen LogP contribution in [0.3, 0.4) is 0 Å². The highest BCUT2D eigenvalue weighted by Crippen LogP contribution is 2.25. The van der Waals surface area contributed by atoms with E-state index in [-0.39, 0.29) is 12.6 Å². The molecule has 3 nitrogen and oxygen atoms in total. The molecule has 1 aliphatic heterocycles. The van der Waals surface area contributed by atoms with Gasteiger partial charge in [-0.1, -0.05) is 6.92 Å². The third kappa shape index (κ3) is 3.77. The number of nitrogens with one attached hydrogen (secondary N) is 1. The summed E-state index contributed by atoms with van der Waals surface area (Å²) >= 11 is 2.01. The second-order valence-corrected chi connectivity index (χ2v) is 5.31. The number of rotatable bonds is 5. The summed E-state index contributed by atoms with van der Waals surface area (Å²) in [6.07, 6.45) is 2.49. The third-order valence-corrected chi connectivity index (χ3v) is 4.02. The van der Waals surface area contributed by atoms with Crippen LogP contribution < -0.4 is 5.32 Å². The fourth-order valence-electron chi connectivity index (χ4n) is 1.80. The zero-order chi connectivity index (χ0) is 10.4. The van der Waals surface area contributed by atoms with Crippen molar-refractivity contribution in [1.82, 2.24) is 5.32 Å². The molecule has 0 aliphatic carbocycles. The number of ether oxygens (including phenoxy) is 1. The minimum atomic E-state index is 0.0890. The Labute approximate surface area is 90.6 Å². The van der Waals surface area contributed by atoms with Crippen LogP contribution in [-0.4, -0.2) is 48.5 Å². The molecule has 14 heavy (non-hydrogen) atoms. The number of hydrogen-bond acceptors (Lipinski definition) is 4. The zero-order valence-electron chi connectivity index (χ0n) is 9.03. The summed E-state index contributed by atoms with van der Waals surface area (Å²) in [5, 5.41) is 13.2. The molecular formula is C10H21NO2S. The van der Waals surface area contributed by atoms with Crippen LogP contribution in [0.5, 0.6) is 0 Å². The van der Waals surface area contributed by atoms with Crippen LogP contribution in [0.4, 0.5) is 0 Å². The van der Waals surface area contributed by atoms with Crippen LogP contribution in [-0.2, 0) is 4.74 Å². The first kappa shape index (κ1) is 12.3. The van der Waals surface area contributed by atoms with Crippen LogP contribution in [0.25, 0.3) is 0 Å². The quantitative estimate of drug-likeness (QED) is 0.720. The maximum atomic E-state index is 9.12. The van der Waals surface area contributed by atoms with Crippen molar-refractivity contribution in [2.45, 2.75) is 37.1 Å². The molecule has 0 bridgehead atoms. The van der Waals surface area contributed by atoms with E-state index in [9.17, 15) is 0 Å². The Morgan fingerprint density at radius 3 is 3.00 bits per heavy atom. The van der Waals surface area contributed by atoms with Crippen LogP contribution in [0, 0.1) is 0 Å². The van der Waals surface area contributed by atoms with E-state index in [0.29, 0.717) is 17.9 Å². The Morgan fingerprint density at radius 2 is 2.43 bits per heavy atom. The highest BCUT2D eigenvalue weighted by Gasteiger charge is 2.23. The number of aliphatic hydroxyl groups is 1. The molecule has 0 aromatic carbocycles. The van der Waals surface area contributed by atoms with Crippen molar-refractivity contribution < 1.29 is 9.84 Å². The van der Waals surface area contributed by atoms with Crippen LogP contribution in [0.15, 0.2) is 0 Å². The summed E-state index contributed by atoms with van der Waals surface area (Å²) in [7, 11) is 1.67. The highest BCUT2D eigenvalue weighted by molar-refractivity contribution is 7.99. The zero-order valence-corrected chi connectivity index (χ0v) is 9.85. The largest absolute Gasteiger partial charge is 0.395 e. The summed E-state index contributed by atoms with van der Waals surface area (Å²) in [4.78, 5) is 0. The average Bonchev–Trinajstić information content (AvgIpc) is 2.20. The monoisotopic (exact) mass is 219 g/mol. The van der Waals surface area contributed by atoms with Crippen molar-refractivity contribution in [3.8, 4) is 0 Å². The minimum absolute atomic E-state index is 0.0890. The second kappa shape index (κ2) is 6.67. The normalized spacial score (nSPS) is 30.2. The summed E-state index contributed by atoms with van der Waals surface area (Å²) in [6, 6.07) is 0.618. The van der Waals surface area contributed by atoms with Crippen molar-refractivity contribution in [2.75, 3.05) is 26.1 Å². The Balaban J connectivity index is 2.31. The van der Waals surface area contributed by atoms with Gasteiger partial charge >= 0.3 is 0 Å². The van der Waals surface area contributed by atoms with Crippen molar-refractivity contribution in [1.29, 1.82) is 0 Å². The molecule has 0 amide bonds. The lowest BCUT2D eigenvalue weighted by molar-refractivity contribution is 0.121. The number of aliphatic hydroxyl groups excluding tert-OH is 1. The molecule has 1 rings (SSSR count). The predicted octanol–water partition coefficient (Wildman–Crippen LogP) is 0.867. The van der Waals surface area contributed by atoms with Crippen LogP contribution in [0.1, 0.15) is 19.8 Å². The summed E-state index contributed by atoms with van der Waals surface area (Å²) in [6.45, 7) is 2.99. The molecule has 1 aliphatic rings. The van der Waals surface area contributed by atoms with Crippen LogP contribution in [0.2, 0.25) is 0 Å². The molecule has 0 aromatic heterocycles. The van der Waals surface area contributed by atoms with Gasteiger partial charge in [0.2, 0.25) is 0 Å². The van der Waals surface area contributed by atoms with Gasteiger partial charge in [-0.15, -0.1) is 0 Å². The van der Waals surface area contributed by atoms with Crippen molar-refractivity contribution in [2.24, 2.45) is 0 Å². The van der Waals surface area contributed by atoms with Crippen molar-refractivity contribution in [3.63, 3.8) is 0 Å². The molecule has 2 N–H and O–H groups in total. The molecule has 1 saturated heterocycles. The molecule has 4 heteroatoms. The fourth-order valence-corrected chi connectivity index (χ4v) is 2.95. The van der Waals surface area contributed by atoms with Crippen molar-refractivity contribution >= 4 is 11.8 Å². The van der Waals surface area contributed by atoms with E-state index in [4.69, 9.17) is 9.84 Å².